The van der Waals surface area contributed by atoms with E-state index >= 15 is 0 Å². The van der Waals surface area contributed by atoms with Gasteiger partial charge in [-0.3, -0.25) is 4.79 Å². The highest BCUT2D eigenvalue weighted by Crippen LogP contribution is 2.27. The number of para-hydroxylation sites is 1. The van der Waals surface area contributed by atoms with Crippen LogP contribution >= 0.6 is 22.9 Å². The minimum atomic E-state index is -0.0759. The van der Waals surface area contributed by atoms with Gasteiger partial charge in [0, 0.05) is 28.1 Å². The van der Waals surface area contributed by atoms with Crippen LogP contribution in [0.2, 0.25) is 5.02 Å². The first-order chi connectivity index (χ1) is 14.2. The molecule has 4 rings (SSSR count). The molecule has 1 N–H and O–H groups in total. The van der Waals surface area contributed by atoms with Gasteiger partial charge in [0.1, 0.15) is 0 Å². The summed E-state index contributed by atoms with van der Waals surface area (Å²) in [5.74, 6) is -0.0759. The minimum absolute atomic E-state index is 0.0759. The summed E-state index contributed by atoms with van der Waals surface area (Å²) in [5, 5.41) is 6.67. The van der Waals surface area contributed by atoms with E-state index in [1.54, 1.807) is 11.3 Å². The molecule has 1 heterocycles. The summed E-state index contributed by atoms with van der Waals surface area (Å²) in [5.41, 5.74) is 4.77. The molecule has 0 aliphatic rings. The lowest BCUT2D eigenvalue weighted by atomic mass is 10.0. The van der Waals surface area contributed by atoms with Crippen molar-refractivity contribution in [2.24, 2.45) is 0 Å². The second-order valence-electron chi connectivity index (χ2n) is 6.68. The van der Waals surface area contributed by atoms with E-state index in [1.165, 1.54) is 0 Å². The molecule has 0 atom stereocenters. The Labute approximate surface area is 179 Å². The van der Waals surface area contributed by atoms with E-state index in [2.05, 4.69) is 10.3 Å². The van der Waals surface area contributed by atoms with Gasteiger partial charge in [-0.05, 0) is 29.3 Å². The molecule has 144 valence electrons. The Morgan fingerprint density at radius 3 is 2.59 bits per heavy atom. The lowest BCUT2D eigenvalue weighted by Crippen LogP contribution is -2.15. The number of anilines is 1. The van der Waals surface area contributed by atoms with Crippen LogP contribution in [0.4, 0.5) is 5.69 Å². The van der Waals surface area contributed by atoms with Crippen LogP contribution in [-0.4, -0.2) is 10.9 Å². The molecule has 4 aromatic rings. The topological polar surface area (TPSA) is 42.0 Å². The standard InChI is InChI=1S/C24H19ClN2OS/c25-19-10-6-7-17(13-19)14-24-26-20(16-29-24)15-23(28)27-22-12-5-4-11-21(22)18-8-2-1-3-9-18/h1-13,16H,14-15H2,(H,27,28). The number of carbonyl (C=O) groups is 1. The number of rotatable bonds is 6. The van der Waals surface area contributed by atoms with Gasteiger partial charge in [-0.25, -0.2) is 4.98 Å². The number of hydrogen-bond donors (Lipinski definition) is 1. The Morgan fingerprint density at radius 1 is 0.966 bits per heavy atom. The van der Waals surface area contributed by atoms with Crippen LogP contribution in [0.5, 0.6) is 0 Å². The Hall–Kier alpha value is -2.95. The maximum atomic E-state index is 12.6. The summed E-state index contributed by atoms with van der Waals surface area (Å²) < 4.78 is 0. The van der Waals surface area contributed by atoms with Gasteiger partial charge in [0.25, 0.3) is 0 Å². The van der Waals surface area contributed by atoms with Crippen molar-refractivity contribution in [1.82, 2.24) is 4.98 Å². The molecular formula is C24H19ClN2OS. The molecule has 0 fully saturated rings. The highest BCUT2D eigenvalue weighted by Gasteiger charge is 2.11. The maximum Gasteiger partial charge on any atom is 0.230 e. The van der Waals surface area contributed by atoms with E-state index < -0.39 is 0 Å². The van der Waals surface area contributed by atoms with Crippen molar-refractivity contribution in [2.75, 3.05) is 5.32 Å². The van der Waals surface area contributed by atoms with Crippen LogP contribution in [0, 0.1) is 0 Å². The highest BCUT2D eigenvalue weighted by molar-refractivity contribution is 7.09. The van der Waals surface area contributed by atoms with E-state index in [4.69, 9.17) is 11.6 Å². The molecule has 0 aliphatic carbocycles. The van der Waals surface area contributed by atoms with Crippen molar-refractivity contribution >= 4 is 34.5 Å². The van der Waals surface area contributed by atoms with Crippen molar-refractivity contribution in [1.29, 1.82) is 0 Å². The molecule has 3 nitrogen and oxygen atoms in total. The highest BCUT2D eigenvalue weighted by atomic mass is 35.5. The number of aromatic nitrogens is 1. The molecule has 0 radical (unpaired) electrons. The number of benzene rings is 3. The van der Waals surface area contributed by atoms with Crippen LogP contribution in [0.25, 0.3) is 11.1 Å². The quantitative estimate of drug-likeness (QED) is 0.403. The van der Waals surface area contributed by atoms with Gasteiger partial charge in [-0.15, -0.1) is 11.3 Å². The van der Waals surface area contributed by atoms with Crippen LogP contribution < -0.4 is 5.32 Å². The van der Waals surface area contributed by atoms with Crippen LogP contribution in [-0.2, 0) is 17.6 Å². The van der Waals surface area contributed by atoms with Crippen LogP contribution in [0.15, 0.2) is 84.2 Å². The van der Waals surface area contributed by atoms with Crippen LogP contribution in [0.1, 0.15) is 16.3 Å². The van der Waals surface area contributed by atoms with Crippen molar-refractivity contribution in [3.05, 3.63) is 106 Å². The van der Waals surface area contributed by atoms with E-state index in [0.29, 0.717) is 6.42 Å². The lowest BCUT2D eigenvalue weighted by Gasteiger charge is -2.11. The molecule has 5 heteroatoms. The molecule has 1 amide bonds. The number of amides is 1. The summed E-state index contributed by atoms with van der Waals surface area (Å²) >= 11 is 7.61. The first-order valence-corrected chi connectivity index (χ1v) is 10.6. The molecular weight excluding hydrogens is 400 g/mol. The van der Waals surface area contributed by atoms with Gasteiger partial charge in [-0.1, -0.05) is 72.3 Å². The van der Waals surface area contributed by atoms with Gasteiger partial charge in [-0.2, -0.15) is 0 Å². The Balaban J connectivity index is 1.43. The molecule has 0 spiro atoms. The molecule has 0 aliphatic heterocycles. The lowest BCUT2D eigenvalue weighted by molar-refractivity contribution is -0.115. The SMILES string of the molecule is O=C(Cc1csc(Cc2cccc(Cl)c2)n1)Nc1ccccc1-c1ccccc1. The predicted octanol–water partition coefficient (Wildman–Crippen LogP) is 6.24. The Bertz CT molecular complexity index is 1120. The zero-order chi connectivity index (χ0) is 20.1. The smallest absolute Gasteiger partial charge is 0.230 e. The Morgan fingerprint density at radius 2 is 1.76 bits per heavy atom. The summed E-state index contributed by atoms with van der Waals surface area (Å²) in [6, 6.07) is 25.6. The third-order valence-corrected chi connectivity index (χ3v) is 5.60. The molecule has 3 aromatic carbocycles. The molecule has 0 unspecified atom stereocenters. The third-order valence-electron chi connectivity index (χ3n) is 4.47. The second kappa shape index (κ2) is 9.03. The van der Waals surface area contributed by atoms with Gasteiger partial charge < -0.3 is 5.32 Å². The average molecular weight is 419 g/mol. The number of carbonyl (C=O) groups excluding carboxylic acids is 1. The van der Waals surface area contributed by atoms with Gasteiger partial charge in [0.05, 0.1) is 17.1 Å². The second-order valence-corrected chi connectivity index (χ2v) is 8.05. The van der Waals surface area contributed by atoms with Gasteiger partial charge >= 0.3 is 0 Å². The molecule has 29 heavy (non-hydrogen) atoms. The minimum Gasteiger partial charge on any atom is -0.325 e. The summed E-state index contributed by atoms with van der Waals surface area (Å²) in [6.07, 6.45) is 0.957. The fourth-order valence-corrected chi connectivity index (χ4v) is 4.19. The zero-order valence-corrected chi connectivity index (χ0v) is 17.2. The zero-order valence-electron chi connectivity index (χ0n) is 15.6. The van der Waals surface area contributed by atoms with E-state index in [0.717, 1.165) is 38.1 Å². The molecule has 0 saturated heterocycles. The number of nitrogens with zero attached hydrogens (tertiary/aromatic N) is 1. The molecule has 1 aromatic heterocycles. The summed E-state index contributed by atoms with van der Waals surface area (Å²) in [6.45, 7) is 0. The maximum absolute atomic E-state index is 12.6. The summed E-state index contributed by atoms with van der Waals surface area (Å²) in [4.78, 5) is 17.2. The van der Waals surface area contributed by atoms with E-state index in [-0.39, 0.29) is 12.3 Å². The van der Waals surface area contributed by atoms with E-state index in [1.807, 2.05) is 84.2 Å². The largest absolute Gasteiger partial charge is 0.325 e. The van der Waals surface area contributed by atoms with Crippen molar-refractivity contribution < 1.29 is 4.79 Å². The molecule has 0 saturated carbocycles. The van der Waals surface area contributed by atoms with Gasteiger partial charge in [0.15, 0.2) is 0 Å². The number of hydrogen-bond acceptors (Lipinski definition) is 3. The third kappa shape index (κ3) is 5.11. The normalized spacial score (nSPS) is 10.7. The fraction of sp³-hybridized carbons (Fsp3) is 0.0833. The number of halogens is 1. The van der Waals surface area contributed by atoms with E-state index in [9.17, 15) is 4.79 Å². The van der Waals surface area contributed by atoms with Crippen molar-refractivity contribution in [3.8, 4) is 11.1 Å². The van der Waals surface area contributed by atoms with Crippen molar-refractivity contribution in [2.45, 2.75) is 12.8 Å². The van der Waals surface area contributed by atoms with Gasteiger partial charge in [0.2, 0.25) is 5.91 Å². The average Bonchev–Trinajstić information content (AvgIpc) is 3.15. The summed E-state index contributed by atoms with van der Waals surface area (Å²) in [7, 11) is 0. The monoisotopic (exact) mass is 418 g/mol. The fourth-order valence-electron chi connectivity index (χ4n) is 3.15. The predicted molar refractivity (Wildman–Crippen MR) is 121 cm³/mol. The number of nitrogens with one attached hydrogen (secondary N) is 1. The first-order valence-electron chi connectivity index (χ1n) is 9.29. The number of thiazole rings is 1. The molecule has 0 bridgehead atoms. The Kier molecular flexibility index (Phi) is 6.03. The van der Waals surface area contributed by atoms with Crippen molar-refractivity contribution in [3.63, 3.8) is 0 Å². The van der Waals surface area contributed by atoms with Crippen LogP contribution in [0.3, 0.4) is 0 Å². The first kappa shape index (κ1) is 19.4.